The standard InChI is InChI=1S/C18H19N3O3S/c1-23-17(13-6-3-2-4-7-13)18-21-20-16(24-18)10-9-15(22)19-12-14-8-5-11-25-14/h2-8,11,17H,9-10,12H2,1H3,(H,19,22)/t17-/m0/s1. The second-order valence-corrected chi connectivity index (χ2v) is 6.45. The van der Waals surface area contributed by atoms with Gasteiger partial charge in [0.15, 0.2) is 6.10 Å². The zero-order valence-corrected chi connectivity index (χ0v) is 14.7. The van der Waals surface area contributed by atoms with Crippen molar-refractivity contribution in [1.29, 1.82) is 0 Å². The SMILES string of the molecule is CO[C@@H](c1ccccc1)c1nnc(CCC(=O)NCc2cccs2)o1. The van der Waals surface area contributed by atoms with Crippen LogP contribution >= 0.6 is 11.3 Å². The van der Waals surface area contributed by atoms with Crippen LogP contribution in [0, 0.1) is 0 Å². The van der Waals surface area contributed by atoms with Gasteiger partial charge in [0, 0.05) is 24.8 Å². The van der Waals surface area contributed by atoms with Crippen LogP contribution in [-0.2, 0) is 22.5 Å². The molecule has 1 aromatic carbocycles. The second-order valence-electron chi connectivity index (χ2n) is 5.42. The molecule has 0 spiro atoms. The summed E-state index contributed by atoms with van der Waals surface area (Å²) < 4.78 is 11.1. The molecule has 1 N–H and O–H groups in total. The van der Waals surface area contributed by atoms with Crippen LogP contribution in [0.5, 0.6) is 0 Å². The number of aryl methyl sites for hydroxylation is 1. The fourth-order valence-electron chi connectivity index (χ4n) is 2.39. The Balaban J connectivity index is 1.53. The summed E-state index contributed by atoms with van der Waals surface area (Å²) in [6, 6.07) is 13.6. The van der Waals surface area contributed by atoms with Crippen LogP contribution in [0.1, 0.15) is 34.7 Å². The van der Waals surface area contributed by atoms with E-state index in [-0.39, 0.29) is 5.91 Å². The topological polar surface area (TPSA) is 77.2 Å². The van der Waals surface area contributed by atoms with Crippen molar-refractivity contribution in [3.05, 3.63) is 70.1 Å². The molecule has 3 aromatic rings. The number of hydrogen-bond donors (Lipinski definition) is 1. The lowest BCUT2D eigenvalue weighted by Crippen LogP contribution is -2.22. The molecular formula is C18H19N3O3S. The first-order chi connectivity index (χ1) is 12.3. The Morgan fingerprint density at radius 1 is 1.24 bits per heavy atom. The minimum Gasteiger partial charge on any atom is -0.422 e. The molecule has 6 nitrogen and oxygen atoms in total. The van der Waals surface area contributed by atoms with Gasteiger partial charge in [-0.15, -0.1) is 21.5 Å². The molecule has 0 unspecified atom stereocenters. The third kappa shape index (κ3) is 4.74. The lowest BCUT2D eigenvalue weighted by Gasteiger charge is -2.10. The molecule has 0 saturated carbocycles. The van der Waals surface area contributed by atoms with E-state index in [1.54, 1.807) is 18.4 Å². The lowest BCUT2D eigenvalue weighted by molar-refractivity contribution is -0.121. The first-order valence-electron chi connectivity index (χ1n) is 7.95. The zero-order chi connectivity index (χ0) is 17.5. The number of nitrogens with zero attached hydrogens (tertiary/aromatic N) is 2. The molecule has 2 heterocycles. The number of nitrogens with one attached hydrogen (secondary N) is 1. The van der Waals surface area contributed by atoms with Crippen molar-refractivity contribution in [2.45, 2.75) is 25.5 Å². The molecule has 7 heteroatoms. The Kier molecular flexibility index (Phi) is 5.92. The zero-order valence-electron chi connectivity index (χ0n) is 13.8. The Morgan fingerprint density at radius 2 is 2.08 bits per heavy atom. The normalized spacial score (nSPS) is 12.0. The van der Waals surface area contributed by atoms with Crippen molar-refractivity contribution in [2.24, 2.45) is 0 Å². The quantitative estimate of drug-likeness (QED) is 0.670. The molecule has 1 atom stereocenters. The monoisotopic (exact) mass is 357 g/mol. The fourth-order valence-corrected chi connectivity index (χ4v) is 3.03. The molecule has 3 rings (SSSR count). The number of amides is 1. The highest BCUT2D eigenvalue weighted by Crippen LogP contribution is 2.24. The summed E-state index contributed by atoms with van der Waals surface area (Å²) in [6.07, 6.45) is 0.292. The van der Waals surface area contributed by atoms with E-state index in [0.29, 0.717) is 31.2 Å². The molecule has 0 aliphatic carbocycles. The third-order valence-electron chi connectivity index (χ3n) is 3.65. The predicted octanol–water partition coefficient (Wildman–Crippen LogP) is 3.12. The average molecular weight is 357 g/mol. The highest BCUT2D eigenvalue weighted by atomic mass is 32.1. The number of aromatic nitrogens is 2. The summed E-state index contributed by atoms with van der Waals surface area (Å²) in [5.74, 6) is 0.779. The van der Waals surface area contributed by atoms with Crippen molar-refractivity contribution in [3.8, 4) is 0 Å². The minimum absolute atomic E-state index is 0.0421. The molecule has 1 amide bonds. The molecule has 0 aliphatic heterocycles. The van der Waals surface area contributed by atoms with E-state index in [1.165, 1.54) is 0 Å². The van der Waals surface area contributed by atoms with Gasteiger partial charge in [-0.1, -0.05) is 36.4 Å². The second kappa shape index (κ2) is 8.55. The fraction of sp³-hybridized carbons (Fsp3) is 0.278. The van der Waals surface area contributed by atoms with Crippen molar-refractivity contribution >= 4 is 17.2 Å². The van der Waals surface area contributed by atoms with Gasteiger partial charge in [-0.05, 0) is 17.0 Å². The van der Waals surface area contributed by atoms with Gasteiger partial charge in [0.05, 0.1) is 6.54 Å². The van der Waals surface area contributed by atoms with E-state index in [2.05, 4.69) is 15.5 Å². The molecule has 130 valence electrons. The lowest BCUT2D eigenvalue weighted by atomic mass is 10.1. The van der Waals surface area contributed by atoms with Crippen molar-refractivity contribution in [3.63, 3.8) is 0 Å². The summed E-state index contributed by atoms with van der Waals surface area (Å²) in [7, 11) is 1.60. The number of methoxy groups -OCH3 is 1. The van der Waals surface area contributed by atoms with Crippen LogP contribution in [0.4, 0.5) is 0 Å². The Hall–Kier alpha value is -2.51. The minimum atomic E-state index is -0.407. The molecule has 0 radical (unpaired) electrons. The number of carbonyl (C=O) groups excluding carboxylic acids is 1. The number of ether oxygens (including phenoxy) is 1. The van der Waals surface area contributed by atoms with E-state index >= 15 is 0 Å². The summed E-state index contributed by atoms with van der Waals surface area (Å²) in [4.78, 5) is 13.0. The Labute approximate surface area is 149 Å². The van der Waals surface area contributed by atoms with Crippen LogP contribution in [-0.4, -0.2) is 23.2 Å². The van der Waals surface area contributed by atoms with Gasteiger partial charge in [-0.25, -0.2) is 0 Å². The number of thiophene rings is 1. The average Bonchev–Trinajstić information content (AvgIpc) is 3.32. The summed E-state index contributed by atoms with van der Waals surface area (Å²) in [5.41, 5.74) is 0.939. The number of carbonyl (C=O) groups is 1. The molecule has 0 aliphatic rings. The van der Waals surface area contributed by atoms with E-state index < -0.39 is 6.10 Å². The summed E-state index contributed by atoms with van der Waals surface area (Å²) in [6.45, 7) is 0.547. The molecule has 0 bridgehead atoms. The van der Waals surface area contributed by atoms with Gasteiger partial charge in [0.25, 0.3) is 0 Å². The van der Waals surface area contributed by atoms with E-state index in [0.717, 1.165) is 10.4 Å². The Morgan fingerprint density at radius 3 is 2.80 bits per heavy atom. The van der Waals surface area contributed by atoms with Crippen molar-refractivity contribution < 1.29 is 13.9 Å². The van der Waals surface area contributed by atoms with Gasteiger partial charge in [-0.3, -0.25) is 4.79 Å². The third-order valence-corrected chi connectivity index (χ3v) is 4.53. The molecule has 25 heavy (non-hydrogen) atoms. The van der Waals surface area contributed by atoms with E-state index in [4.69, 9.17) is 9.15 Å². The van der Waals surface area contributed by atoms with Crippen LogP contribution in [0.3, 0.4) is 0 Å². The number of benzene rings is 1. The maximum atomic E-state index is 11.9. The highest BCUT2D eigenvalue weighted by Gasteiger charge is 2.20. The van der Waals surface area contributed by atoms with Gasteiger partial charge >= 0.3 is 0 Å². The molecule has 0 fully saturated rings. The summed E-state index contributed by atoms with van der Waals surface area (Å²) >= 11 is 1.62. The maximum absolute atomic E-state index is 11.9. The summed E-state index contributed by atoms with van der Waals surface area (Å²) in [5, 5.41) is 12.9. The van der Waals surface area contributed by atoms with E-state index in [1.807, 2.05) is 47.8 Å². The van der Waals surface area contributed by atoms with Gasteiger partial charge < -0.3 is 14.5 Å². The van der Waals surface area contributed by atoms with Crippen LogP contribution < -0.4 is 5.32 Å². The van der Waals surface area contributed by atoms with Gasteiger partial charge in [0.2, 0.25) is 17.7 Å². The van der Waals surface area contributed by atoms with Gasteiger partial charge in [0.1, 0.15) is 0 Å². The smallest absolute Gasteiger partial charge is 0.249 e. The number of rotatable bonds is 8. The number of hydrogen-bond acceptors (Lipinski definition) is 6. The largest absolute Gasteiger partial charge is 0.422 e. The van der Waals surface area contributed by atoms with Crippen LogP contribution in [0.2, 0.25) is 0 Å². The first-order valence-corrected chi connectivity index (χ1v) is 8.83. The van der Waals surface area contributed by atoms with Crippen molar-refractivity contribution in [2.75, 3.05) is 7.11 Å². The molecular weight excluding hydrogens is 338 g/mol. The van der Waals surface area contributed by atoms with Crippen LogP contribution in [0.15, 0.2) is 52.3 Å². The highest BCUT2D eigenvalue weighted by molar-refractivity contribution is 7.09. The van der Waals surface area contributed by atoms with E-state index in [9.17, 15) is 4.79 Å². The predicted molar refractivity (Wildman–Crippen MR) is 94.1 cm³/mol. The molecule has 0 saturated heterocycles. The van der Waals surface area contributed by atoms with Gasteiger partial charge in [-0.2, -0.15) is 0 Å². The Bertz CT molecular complexity index is 787. The maximum Gasteiger partial charge on any atom is 0.249 e. The first kappa shape index (κ1) is 17.3. The van der Waals surface area contributed by atoms with Crippen LogP contribution in [0.25, 0.3) is 0 Å². The molecule has 2 aromatic heterocycles. The van der Waals surface area contributed by atoms with Crippen molar-refractivity contribution in [1.82, 2.24) is 15.5 Å².